The topological polar surface area (TPSA) is 38.9 Å². The first-order chi connectivity index (χ1) is 5.62. The second-order valence-corrected chi connectivity index (χ2v) is 5.33. The van der Waals surface area contributed by atoms with E-state index in [0.717, 1.165) is 5.69 Å². The van der Waals surface area contributed by atoms with E-state index >= 15 is 0 Å². The van der Waals surface area contributed by atoms with Gasteiger partial charge in [-0.1, -0.05) is 0 Å². The Balaban J connectivity index is 1.93. The smallest absolute Gasteiger partial charge is 0.0992 e. The zero-order chi connectivity index (χ0) is 8.40. The summed E-state index contributed by atoms with van der Waals surface area (Å²) in [7, 11) is 0. The highest BCUT2D eigenvalue weighted by Crippen LogP contribution is 2.66. The molecule has 1 heterocycles. The Morgan fingerprint density at radius 3 is 2.58 bits per heavy atom. The Hall–Kier alpha value is -0.410. The van der Waals surface area contributed by atoms with Crippen molar-refractivity contribution in [1.82, 2.24) is 4.98 Å². The largest absolute Gasteiger partial charge is 0.325 e. The highest BCUT2D eigenvalue weighted by molar-refractivity contribution is 7.09. The molecule has 0 unspecified atom stereocenters. The fourth-order valence-electron chi connectivity index (χ4n) is 2.69. The van der Waals surface area contributed by atoms with Crippen LogP contribution in [0.25, 0.3) is 0 Å². The van der Waals surface area contributed by atoms with Crippen LogP contribution in [0, 0.1) is 6.92 Å². The fourth-order valence-corrected chi connectivity index (χ4v) is 3.69. The van der Waals surface area contributed by atoms with Crippen LogP contribution in [-0.4, -0.2) is 10.5 Å². The van der Waals surface area contributed by atoms with E-state index < -0.39 is 0 Å². The summed E-state index contributed by atoms with van der Waals surface area (Å²) in [5, 5.41) is 3.46. The number of hydrogen-bond donors (Lipinski definition) is 1. The van der Waals surface area contributed by atoms with Gasteiger partial charge in [-0.15, -0.1) is 11.3 Å². The molecule has 0 aliphatic heterocycles. The summed E-state index contributed by atoms with van der Waals surface area (Å²) < 4.78 is 0. The minimum atomic E-state index is 0.208. The van der Waals surface area contributed by atoms with Gasteiger partial charge in [-0.2, -0.15) is 0 Å². The number of hydrogen-bond acceptors (Lipinski definition) is 3. The first-order valence-electron chi connectivity index (χ1n) is 4.34. The van der Waals surface area contributed by atoms with E-state index in [4.69, 9.17) is 5.73 Å². The average Bonchev–Trinajstić information content (AvgIpc) is 2.26. The molecular weight excluding hydrogens is 168 g/mol. The van der Waals surface area contributed by atoms with Gasteiger partial charge >= 0.3 is 0 Å². The maximum absolute atomic E-state index is 5.99. The van der Waals surface area contributed by atoms with Gasteiger partial charge in [0.2, 0.25) is 0 Å². The van der Waals surface area contributed by atoms with Gasteiger partial charge in [-0.3, -0.25) is 0 Å². The van der Waals surface area contributed by atoms with Crippen LogP contribution in [0.4, 0.5) is 0 Å². The lowest BCUT2D eigenvalue weighted by Crippen LogP contribution is -2.74. The maximum Gasteiger partial charge on any atom is 0.0992 e. The molecule has 0 saturated heterocycles. The van der Waals surface area contributed by atoms with E-state index in [2.05, 4.69) is 17.3 Å². The summed E-state index contributed by atoms with van der Waals surface area (Å²) in [4.78, 5) is 4.54. The van der Waals surface area contributed by atoms with Gasteiger partial charge in [-0.25, -0.2) is 4.98 Å². The molecule has 3 aliphatic carbocycles. The van der Waals surface area contributed by atoms with Crippen LogP contribution < -0.4 is 5.73 Å². The van der Waals surface area contributed by atoms with E-state index in [1.54, 1.807) is 11.3 Å². The van der Waals surface area contributed by atoms with Crippen LogP contribution in [-0.2, 0) is 5.41 Å². The van der Waals surface area contributed by atoms with E-state index in [0.29, 0.717) is 5.41 Å². The number of nitrogens with two attached hydrogens (primary N) is 1. The standard InChI is InChI=1S/C9H12N2S/c1-6-2-12-7(11-6)8-3-9(10,4-8)5-8/h2H,3-5,10H2,1H3. The van der Waals surface area contributed by atoms with Crippen LogP contribution in [0.15, 0.2) is 5.38 Å². The minimum Gasteiger partial charge on any atom is -0.325 e. The quantitative estimate of drug-likeness (QED) is 0.712. The second-order valence-electron chi connectivity index (χ2n) is 4.47. The van der Waals surface area contributed by atoms with E-state index in [1.165, 1.54) is 24.3 Å². The average molecular weight is 180 g/mol. The molecule has 0 spiro atoms. The summed E-state index contributed by atoms with van der Waals surface area (Å²) in [5.74, 6) is 0. The normalized spacial score (nSPS) is 43.5. The van der Waals surface area contributed by atoms with Gasteiger partial charge in [-0.05, 0) is 26.2 Å². The van der Waals surface area contributed by atoms with Crippen LogP contribution >= 0.6 is 11.3 Å². The van der Waals surface area contributed by atoms with Crippen LogP contribution in [0.3, 0.4) is 0 Å². The molecule has 0 aromatic carbocycles. The molecule has 3 fully saturated rings. The highest BCUT2D eigenvalue weighted by Gasteiger charge is 2.67. The van der Waals surface area contributed by atoms with Crippen molar-refractivity contribution >= 4 is 11.3 Å². The van der Waals surface area contributed by atoms with Crippen LogP contribution in [0.2, 0.25) is 0 Å². The van der Waals surface area contributed by atoms with E-state index in [1.807, 2.05) is 0 Å². The number of nitrogens with zero attached hydrogens (tertiary/aromatic N) is 1. The minimum absolute atomic E-state index is 0.208. The number of aromatic nitrogens is 1. The van der Waals surface area contributed by atoms with E-state index in [-0.39, 0.29) is 5.54 Å². The first kappa shape index (κ1) is 7.04. The van der Waals surface area contributed by atoms with Gasteiger partial charge in [0.15, 0.2) is 0 Å². The van der Waals surface area contributed by atoms with Crippen molar-refractivity contribution in [2.45, 2.75) is 37.1 Å². The summed E-state index contributed by atoms with van der Waals surface area (Å²) in [6, 6.07) is 0. The third-order valence-electron chi connectivity index (χ3n) is 3.14. The predicted molar refractivity (Wildman–Crippen MR) is 49.3 cm³/mol. The molecule has 64 valence electrons. The van der Waals surface area contributed by atoms with Crippen molar-refractivity contribution in [2.24, 2.45) is 5.73 Å². The molecule has 2 bridgehead atoms. The summed E-state index contributed by atoms with van der Waals surface area (Å²) in [6.45, 7) is 2.06. The van der Waals surface area contributed by atoms with Gasteiger partial charge in [0.05, 0.1) is 5.01 Å². The highest BCUT2D eigenvalue weighted by atomic mass is 32.1. The van der Waals surface area contributed by atoms with Crippen molar-refractivity contribution in [1.29, 1.82) is 0 Å². The van der Waals surface area contributed by atoms with Gasteiger partial charge in [0.25, 0.3) is 0 Å². The fraction of sp³-hybridized carbons (Fsp3) is 0.667. The Kier molecular flexibility index (Phi) is 1.03. The maximum atomic E-state index is 5.99. The molecule has 3 heteroatoms. The lowest BCUT2D eigenvalue weighted by Gasteiger charge is -2.68. The van der Waals surface area contributed by atoms with Crippen molar-refractivity contribution in [3.63, 3.8) is 0 Å². The Labute approximate surface area is 75.8 Å². The lowest BCUT2D eigenvalue weighted by molar-refractivity contribution is -0.0591. The molecule has 0 atom stereocenters. The predicted octanol–water partition coefficient (Wildman–Crippen LogP) is 1.58. The van der Waals surface area contributed by atoms with Crippen molar-refractivity contribution in [3.8, 4) is 0 Å². The van der Waals surface area contributed by atoms with Gasteiger partial charge < -0.3 is 5.73 Å². The molecule has 1 aromatic rings. The SMILES string of the molecule is Cc1csc(C23CC(N)(C2)C3)n1. The zero-order valence-corrected chi connectivity index (χ0v) is 7.95. The van der Waals surface area contributed by atoms with Crippen molar-refractivity contribution < 1.29 is 0 Å². The molecule has 0 amide bonds. The summed E-state index contributed by atoms with van der Waals surface area (Å²) in [6.07, 6.45) is 3.52. The second kappa shape index (κ2) is 1.75. The molecule has 0 radical (unpaired) electrons. The molecule has 4 rings (SSSR count). The van der Waals surface area contributed by atoms with E-state index in [9.17, 15) is 0 Å². The van der Waals surface area contributed by atoms with Gasteiger partial charge in [0, 0.05) is 22.0 Å². The molecule has 3 saturated carbocycles. The number of rotatable bonds is 1. The Bertz CT molecular complexity index is 322. The number of thiazole rings is 1. The van der Waals surface area contributed by atoms with Crippen LogP contribution in [0.1, 0.15) is 30.0 Å². The Morgan fingerprint density at radius 1 is 1.50 bits per heavy atom. The monoisotopic (exact) mass is 180 g/mol. The third kappa shape index (κ3) is 0.666. The molecule has 2 nitrogen and oxygen atoms in total. The number of aryl methyl sites for hydroxylation is 1. The van der Waals surface area contributed by atoms with Crippen LogP contribution in [0.5, 0.6) is 0 Å². The molecular formula is C9H12N2S. The van der Waals surface area contributed by atoms with Crippen molar-refractivity contribution in [2.75, 3.05) is 0 Å². The summed E-state index contributed by atoms with van der Waals surface area (Å²) in [5.41, 5.74) is 7.78. The molecule has 1 aromatic heterocycles. The zero-order valence-electron chi connectivity index (χ0n) is 7.13. The van der Waals surface area contributed by atoms with Gasteiger partial charge in [0.1, 0.15) is 0 Å². The Morgan fingerprint density at radius 2 is 2.17 bits per heavy atom. The van der Waals surface area contributed by atoms with Crippen molar-refractivity contribution in [3.05, 3.63) is 16.1 Å². The molecule has 2 N–H and O–H groups in total. The lowest BCUT2D eigenvalue weighted by atomic mass is 9.40. The molecule has 12 heavy (non-hydrogen) atoms. The first-order valence-corrected chi connectivity index (χ1v) is 5.22. The summed E-state index contributed by atoms with van der Waals surface area (Å²) >= 11 is 1.80. The third-order valence-corrected chi connectivity index (χ3v) is 4.35. The molecule has 3 aliphatic rings.